The molecule has 3 aromatic rings. The Morgan fingerprint density at radius 1 is 1.00 bits per heavy atom. The Labute approximate surface area is 131 Å². The minimum absolute atomic E-state index is 0.232. The van der Waals surface area contributed by atoms with E-state index in [0.29, 0.717) is 22.4 Å². The van der Waals surface area contributed by atoms with Crippen LogP contribution in [0.5, 0.6) is 11.5 Å². The predicted molar refractivity (Wildman–Crippen MR) is 89.2 cm³/mol. The zero-order chi connectivity index (χ0) is 15.5. The molecule has 1 atom stereocenters. The minimum atomic E-state index is -1.72. The summed E-state index contributed by atoms with van der Waals surface area (Å²) in [7, 11) is 0. The van der Waals surface area contributed by atoms with Crippen molar-refractivity contribution in [3.05, 3.63) is 66.2 Å². The maximum atomic E-state index is 12.1. The van der Waals surface area contributed by atoms with Crippen molar-refractivity contribution >= 4 is 27.7 Å². The molecule has 0 aliphatic carbocycles. The number of hydrogen-bond donors (Lipinski definition) is 2. The van der Waals surface area contributed by atoms with Crippen LogP contribution in [0.15, 0.2) is 60.7 Å². The predicted octanol–water partition coefficient (Wildman–Crippen LogP) is 3.92. The molecule has 0 bridgehead atoms. The number of nitrogens with one attached hydrogen (secondary N) is 1. The van der Waals surface area contributed by atoms with E-state index < -0.39 is 11.3 Å². The summed E-state index contributed by atoms with van der Waals surface area (Å²) in [5, 5.41) is 11.6. The lowest BCUT2D eigenvalue weighted by Crippen LogP contribution is -2.11. The Hall–Kier alpha value is -2.53. The van der Waals surface area contributed by atoms with E-state index in [1.807, 2.05) is 42.5 Å². The van der Waals surface area contributed by atoms with E-state index in [-0.39, 0.29) is 5.75 Å². The average Bonchev–Trinajstić information content (AvgIpc) is 2.53. The third-order valence-corrected chi connectivity index (χ3v) is 4.05. The second-order valence-electron chi connectivity index (χ2n) is 4.87. The highest BCUT2D eigenvalue weighted by molar-refractivity contribution is 7.82. The van der Waals surface area contributed by atoms with Gasteiger partial charge >= 0.3 is 11.3 Å². The largest absolute Gasteiger partial charge is 0.507 e. The monoisotopic (exact) mass is 313 g/mol. The van der Waals surface area contributed by atoms with Crippen LogP contribution in [0.25, 0.3) is 10.8 Å². The molecule has 0 saturated heterocycles. The summed E-state index contributed by atoms with van der Waals surface area (Å²) in [5.74, 6) is 0.754. The van der Waals surface area contributed by atoms with Crippen molar-refractivity contribution in [2.24, 2.45) is 0 Å². The van der Waals surface area contributed by atoms with Crippen molar-refractivity contribution in [2.45, 2.75) is 6.92 Å². The van der Waals surface area contributed by atoms with Gasteiger partial charge in [0.25, 0.3) is 0 Å². The molecule has 0 heterocycles. The molecule has 0 amide bonds. The van der Waals surface area contributed by atoms with Crippen molar-refractivity contribution in [3.8, 4) is 11.5 Å². The number of benzene rings is 3. The fourth-order valence-electron chi connectivity index (χ4n) is 2.26. The number of anilines is 1. The van der Waals surface area contributed by atoms with Gasteiger partial charge in [0.2, 0.25) is 0 Å². The topological polar surface area (TPSA) is 58.6 Å². The first kappa shape index (κ1) is 14.4. The molecule has 5 heteroatoms. The molecule has 112 valence electrons. The number of aromatic hydroxyl groups is 1. The normalized spacial score (nSPS) is 12.0. The summed E-state index contributed by atoms with van der Waals surface area (Å²) >= 11 is -1.72. The highest BCUT2D eigenvalue weighted by Crippen LogP contribution is 2.34. The van der Waals surface area contributed by atoms with Crippen molar-refractivity contribution in [1.82, 2.24) is 0 Å². The van der Waals surface area contributed by atoms with Crippen LogP contribution in [0.1, 0.15) is 5.56 Å². The molecule has 0 saturated carbocycles. The Morgan fingerprint density at radius 3 is 2.36 bits per heavy atom. The third-order valence-electron chi connectivity index (χ3n) is 3.32. The lowest BCUT2D eigenvalue weighted by molar-refractivity contribution is 0.477. The van der Waals surface area contributed by atoms with Gasteiger partial charge in [-0.2, -0.15) is 4.21 Å². The zero-order valence-corrected chi connectivity index (χ0v) is 12.8. The number of phenols is 1. The molecule has 3 aromatic carbocycles. The first-order chi connectivity index (χ1) is 10.6. The van der Waals surface area contributed by atoms with Gasteiger partial charge in [-0.05, 0) is 30.7 Å². The summed E-state index contributed by atoms with van der Waals surface area (Å²) in [6, 6.07) is 18.1. The van der Waals surface area contributed by atoms with E-state index in [2.05, 4.69) is 4.72 Å². The lowest BCUT2D eigenvalue weighted by atomic mass is 10.0. The molecule has 0 aliphatic rings. The minimum Gasteiger partial charge on any atom is -0.507 e. The molecule has 2 N–H and O–H groups in total. The highest BCUT2D eigenvalue weighted by atomic mass is 32.2. The van der Waals surface area contributed by atoms with Gasteiger partial charge in [0.05, 0.1) is 5.69 Å². The number of fused-ring (bicyclic) bond motifs is 1. The summed E-state index contributed by atoms with van der Waals surface area (Å²) in [5.41, 5.74) is 1.36. The molecular weight excluding hydrogens is 298 g/mol. The molecule has 0 radical (unpaired) electrons. The van der Waals surface area contributed by atoms with Gasteiger partial charge in [-0.15, -0.1) is 0 Å². The van der Waals surface area contributed by atoms with E-state index in [4.69, 9.17) is 4.18 Å². The zero-order valence-electron chi connectivity index (χ0n) is 11.9. The number of phenolic OH excluding ortho intramolecular Hbond substituents is 1. The van der Waals surface area contributed by atoms with Gasteiger partial charge in [-0.25, -0.2) is 0 Å². The molecule has 0 spiro atoms. The van der Waals surface area contributed by atoms with E-state index in [1.54, 1.807) is 25.1 Å². The van der Waals surface area contributed by atoms with Crippen LogP contribution >= 0.6 is 0 Å². The Balaban J connectivity index is 1.91. The fourth-order valence-corrected chi connectivity index (χ4v) is 2.93. The number of hydrogen-bond acceptors (Lipinski definition) is 3. The van der Waals surface area contributed by atoms with Crippen LogP contribution in [0.3, 0.4) is 0 Å². The molecule has 1 unspecified atom stereocenters. The first-order valence-corrected chi connectivity index (χ1v) is 7.86. The summed E-state index contributed by atoms with van der Waals surface area (Å²) in [4.78, 5) is 0. The summed E-state index contributed by atoms with van der Waals surface area (Å²) in [6.07, 6.45) is 0. The maximum Gasteiger partial charge on any atom is 0.316 e. The molecular formula is C17H15NO3S. The van der Waals surface area contributed by atoms with Crippen LogP contribution < -0.4 is 8.91 Å². The van der Waals surface area contributed by atoms with Crippen molar-refractivity contribution in [3.63, 3.8) is 0 Å². The van der Waals surface area contributed by atoms with Gasteiger partial charge in [0.1, 0.15) is 11.5 Å². The first-order valence-electron chi connectivity index (χ1n) is 6.78. The highest BCUT2D eigenvalue weighted by Gasteiger charge is 2.11. The number of aryl methyl sites for hydroxylation is 1. The smallest absolute Gasteiger partial charge is 0.316 e. The van der Waals surface area contributed by atoms with Crippen LogP contribution in [0, 0.1) is 6.92 Å². The lowest BCUT2D eigenvalue weighted by Gasteiger charge is -2.12. The van der Waals surface area contributed by atoms with Crippen LogP contribution in [0.2, 0.25) is 0 Å². The van der Waals surface area contributed by atoms with Crippen LogP contribution in [0.4, 0.5) is 5.69 Å². The van der Waals surface area contributed by atoms with Crippen LogP contribution in [-0.2, 0) is 11.3 Å². The van der Waals surface area contributed by atoms with Gasteiger partial charge in [-0.1, -0.05) is 42.5 Å². The average molecular weight is 313 g/mol. The van der Waals surface area contributed by atoms with Crippen LogP contribution in [-0.4, -0.2) is 9.32 Å². The Morgan fingerprint density at radius 2 is 1.64 bits per heavy atom. The number of para-hydroxylation sites is 1. The van der Waals surface area contributed by atoms with E-state index in [0.717, 1.165) is 5.39 Å². The van der Waals surface area contributed by atoms with Crippen molar-refractivity contribution < 1.29 is 13.5 Å². The fraction of sp³-hybridized carbons (Fsp3) is 0.0588. The standard InChI is InChI=1S/C17H15NO3S/c1-12-11-16(14-9-5-6-10-15(14)17(12)19)18-22(20)21-13-7-3-2-4-8-13/h2-11,18-19H,1H3. The molecule has 0 fully saturated rings. The number of rotatable bonds is 4. The van der Waals surface area contributed by atoms with Gasteiger partial charge in [-0.3, -0.25) is 4.72 Å². The van der Waals surface area contributed by atoms with Gasteiger partial charge in [0, 0.05) is 10.8 Å². The Bertz CT molecular complexity index is 834. The third kappa shape index (κ3) is 2.89. The Kier molecular flexibility index (Phi) is 3.98. The van der Waals surface area contributed by atoms with Gasteiger partial charge < -0.3 is 9.29 Å². The molecule has 0 aliphatic heterocycles. The quantitative estimate of drug-likeness (QED) is 0.718. The summed E-state index contributed by atoms with van der Waals surface area (Å²) < 4.78 is 20.3. The van der Waals surface area contributed by atoms with E-state index >= 15 is 0 Å². The second kappa shape index (κ2) is 6.07. The SMILES string of the molecule is Cc1cc(NS(=O)Oc2ccccc2)c2ccccc2c1O. The molecule has 22 heavy (non-hydrogen) atoms. The van der Waals surface area contributed by atoms with E-state index in [1.165, 1.54) is 0 Å². The van der Waals surface area contributed by atoms with Crippen molar-refractivity contribution in [2.75, 3.05) is 4.72 Å². The summed E-state index contributed by atoms with van der Waals surface area (Å²) in [6.45, 7) is 1.80. The second-order valence-corrected chi connectivity index (χ2v) is 5.71. The molecule has 4 nitrogen and oxygen atoms in total. The molecule has 0 aromatic heterocycles. The molecule has 3 rings (SSSR count). The van der Waals surface area contributed by atoms with Crippen molar-refractivity contribution in [1.29, 1.82) is 0 Å². The van der Waals surface area contributed by atoms with Gasteiger partial charge in [0.15, 0.2) is 0 Å². The van der Waals surface area contributed by atoms with E-state index in [9.17, 15) is 9.32 Å². The maximum absolute atomic E-state index is 12.1.